The molecule has 3 rings (SSSR count). The van der Waals surface area contributed by atoms with Crippen molar-refractivity contribution in [2.45, 2.75) is 26.7 Å². The molecule has 2 nitrogen and oxygen atoms in total. The molecule has 0 N–H and O–H groups in total. The van der Waals surface area contributed by atoms with Gasteiger partial charge in [-0.3, -0.25) is 0 Å². The van der Waals surface area contributed by atoms with Gasteiger partial charge in [0.25, 0.3) is 0 Å². The lowest BCUT2D eigenvalue weighted by molar-refractivity contribution is 0.0689. The van der Waals surface area contributed by atoms with Gasteiger partial charge in [0, 0.05) is 5.56 Å². The SMILES string of the molecule is Cc1cccc(C)c1C(=O)OC1=CCCc2ccccc21. The van der Waals surface area contributed by atoms with Crippen LogP contribution in [-0.2, 0) is 11.2 Å². The van der Waals surface area contributed by atoms with Crippen LogP contribution in [0.1, 0.15) is 39.0 Å². The average Bonchev–Trinajstić information content (AvgIpc) is 2.47. The third-order valence-corrected chi connectivity index (χ3v) is 3.91. The molecule has 0 amide bonds. The molecule has 21 heavy (non-hydrogen) atoms. The van der Waals surface area contributed by atoms with E-state index in [1.165, 1.54) is 5.56 Å². The first kappa shape index (κ1) is 13.6. The van der Waals surface area contributed by atoms with Crippen molar-refractivity contribution in [2.75, 3.05) is 0 Å². The number of esters is 1. The van der Waals surface area contributed by atoms with E-state index in [2.05, 4.69) is 6.07 Å². The second kappa shape index (κ2) is 5.57. The highest BCUT2D eigenvalue weighted by atomic mass is 16.5. The highest BCUT2D eigenvalue weighted by molar-refractivity contribution is 5.96. The van der Waals surface area contributed by atoms with Gasteiger partial charge >= 0.3 is 5.97 Å². The first-order valence-corrected chi connectivity index (χ1v) is 7.23. The summed E-state index contributed by atoms with van der Waals surface area (Å²) in [5, 5.41) is 0. The smallest absolute Gasteiger partial charge is 0.344 e. The van der Waals surface area contributed by atoms with Gasteiger partial charge in [0.2, 0.25) is 0 Å². The molecule has 0 radical (unpaired) electrons. The second-order valence-corrected chi connectivity index (χ2v) is 5.42. The first-order valence-electron chi connectivity index (χ1n) is 7.23. The fourth-order valence-corrected chi connectivity index (χ4v) is 2.83. The molecule has 0 bridgehead atoms. The van der Waals surface area contributed by atoms with Gasteiger partial charge < -0.3 is 4.74 Å². The number of hydrogen-bond donors (Lipinski definition) is 0. The number of fused-ring (bicyclic) bond motifs is 1. The lowest BCUT2D eigenvalue weighted by Gasteiger charge is -2.18. The van der Waals surface area contributed by atoms with E-state index in [0.717, 1.165) is 29.5 Å². The molecule has 1 aliphatic carbocycles. The molecule has 2 aromatic carbocycles. The molecule has 0 spiro atoms. The fraction of sp³-hybridized carbons (Fsp3) is 0.211. The number of ether oxygens (including phenoxy) is 1. The van der Waals surface area contributed by atoms with Gasteiger partial charge in [0.15, 0.2) is 0 Å². The molecular weight excluding hydrogens is 260 g/mol. The number of rotatable bonds is 2. The van der Waals surface area contributed by atoms with Crippen molar-refractivity contribution >= 4 is 11.7 Å². The van der Waals surface area contributed by atoms with Crippen molar-refractivity contribution in [3.8, 4) is 0 Å². The summed E-state index contributed by atoms with van der Waals surface area (Å²) >= 11 is 0. The summed E-state index contributed by atoms with van der Waals surface area (Å²) in [4.78, 5) is 12.5. The Hall–Kier alpha value is -2.35. The van der Waals surface area contributed by atoms with Gasteiger partial charge in [0.05, 0.1) is 5.56 Å². The third kappa shape index (κ3) is 2.62. The minimum absolute atomic E-state index is 0.270. The van der Waals surface area contributed by atoms with E-state index in [-0.39, 0.29) is 5.97 Å². The topological polar surface area (TPSA) is 26.3 Å². The van der Waals surface area contributed by atoms with Crippen molar-refractivity contribution < 1.29 is 9.53 Å². The summed E-state index contributed by atoms with van der Waals surface area (Å²) in [7, 11) is 0. The van der Waals surface area contributed by atoms with E-state index in [9.17, 15) is 4.79 Å². The maximum absolute atomic E-state index is 12.5. The molecule has 0 saturated carbocycles. The van der Waals surface area contributed by atoms with E-state index < -0.39 is 0 Å². The Labute approximate surface area is 125 Å². The number of benzene rings is 2. The van der Waals surface area contributed by atoms with Crippen LogP contribution in [-0.4, -0.2) is 5.97 Å². The number of carbonyl (C=O) groups excluding carboxylic acids is 1. The zero-order valence-electron chi connectivity index (χ0n) is 12.3. The van der Waals surface area contributed by atoms with Crippen molar-refractivity contribution in [3.63, 3.8) is 0 Å². The zero-order valence-corrected chi connectivity index (χ0v) is 12.3. The van der Waals surface area contributed by atoms with Gasteiger partial charge in [0.1, 0.15) is 5.76 Å². The van der Waals surface area contributed by atoms with E-state index >= 15 is 0 Å². The Morgan fingerprint density at radius 2 is 1.71 bits per heavy atom. The van der Waals surface area contributed by atoms with Gasteiger partial charge in [-0.2, -0.15) is 0 Å². The predicted octanol–water partition coefficient (Wildman–Crippen LogP) is 4.45. The summed E-state index contributed by atoms with van der Waals surface area (Å²) in [5.41, 5.74) is 4.84. The summed E-state index contributed by atoms with van der Waals surface area (Å²) in [5.74, 6) is 0.415. The number of hydrogen-bond acceptors (Lipinski definition) is 2. The van der Waals surface area contributed by atoms with E-state index in [1.807, 2.05) is 56.3 Å². The second-order valence-electron chi connectivity index (χ2n) is 5.42. The quantitative estimate of drug-likeness (QED) is 0.759. The zero-order chi connectivity index (χ0) is 14.8. The summed E-state index contributed by atoms with van der Waals surface area (Å²) in [6.45, 7) is 3.87. The van der Waals surface area contributed by atoms with Crippen LogP contribution < -0.4 is 0 Å². The van der Waals surface area contributed by atoms with Crippen molar-refractivity contribution in [1.82, 2.24) is 0 Å². The Morgan fingerprint density at radius 3 is 2.48 bits per heavy atom. The standard InChI is InChI=1S/C19H18O2/c1-13-7-5-8-14(2)18(13)19(20)21-17-12-6-10-15-9-3-4-11-16(15)17/h3-5,7-9,11-12H,6,10H2,1-2H3. The van der Waals surface area contributed by atoms with Crippen LogP contribution in [0.2, 0.25) is 0 Å². The number of carbonyl (C=O) groups is 1. The Balaban J connectivity index is 1.91. The van der Waals surface area contributed by atoms with E-state index in [0.29, 0.717) is 11.3 Å². The van der Waals surface area contributed by atoms with Crippen LogP contribution in [0.5, 0.6) is 0 Å². The summed E-state index contributed by atoms with van der Waals surface area (Å²) in [6, 6.07) is 13.9. The van der Waals surface area contributed by atoms with Crippen molar-refractivity contribution in [1.29, 1.82) is 0 Å². The maximum Gasteiger partial charge on any atom is 0.344 e. The van der Waals surface area contributed by atoms with Gasteiger partial charge in [-0.25, -0.2) is 4.79 Å². The molecule has 2 heteroatoms. The van der Waals surface area contributed by atoms with Crippen molar-refractivity contribution in [2.24, 2.45) is 0 Å². The molecule has 1 aliphatic rings. The average molecular weight is 278 g/mol. The highest BCUT2D eigenvalue weighted by Gasteiger charge is 2.19. The van der Waals surface area contributed by atoms with Crippen LogP contribution in [0.3, 0.4) is 0 Å². The molecule has 0 heterocycles. The van der Waals surface area contributed by atoms with Gasteiger partial charge in [-0.15, -0.1) is 0 Å². The lowest BCUT2D eigenvalue weighted by atomic mass is 9.96. The molecule has 0 aromatic heterocycles. The normalized spacial score (nSPS) is 13.3. The minimum Gasteiger partial charge on any atom is -0.423 e. The molecule has 0 fully saturated rings. The molecule has 0 aliphatic heterocycles. The monoisotopic (exact) mass is 278 g/mol. The van der Waals surface area contributed by atoms with Crippen LogP contribution in [0.15, 0.2) is 48.5 Å². The molecule has 2 aromatic rings. The number of allylic oxidation sites excluding steroid dienone is 1. The van der Waals surface area contributed by atoms with E-state index in [1.54, 1.807) is 0 Å². The molecule has 0 atom stereocenters. The molecule has 0 unspecified atom stereocenters. The Morgan fingerprint density at radius 1 is 1.00 bits per heavy atom. The molecular formula is C19H18O2. The molecule has 0 saturated heterocycles. The van der Waals surface area contributed by atoms with Gasteiger partial charge in [-0.05, 0) is 49.5 Å². The highest BCUT2D eigenvalue weighted by Crippen LogP contribution is 2.28. The van der Waals surface area contributed by atoms with Crippen LogP contribution in [0.25, 0.3) is 5.76 Å². The maximum atomic E-state index is 12.5. The van der Waals surface area contributed by atoms with Gasteiger partial charge in [-0.1, -0.05) is 42.5 Å². The third-order valence-electron chi connectivity index (χ3n) is 3.91. The van der Waals surface area contributed by atoms with Crippen LogP contribution >= 0.6 is 0 Å². The largest absolute Gasteiger partial charge is 0.423 e. The van der Waals surface area contributed by atoms with Crippen molar-refractivity contribution in [3.05, 3.63) is 76.4 Å². The molecule has 106 valence electrons. The fourth-order valence-electron chi connectivity index (χ4n) is 2.83. The summed E-state index contributed by atoms with van der Waals surface area (Å²) < 4.78 is 5.69. The van der Waals surface area contributed by atoms with Crippen LogP contribution in [0, 0.1) is 13.8 Å². The van der Waals surface area contributed by atoms with E-state index in [4.69, 9.17) is 4.74 Å². The lowest BCUT2D eigenvalue weighted by Crippen LogP contribution is -2.11. The Bertz CT molecular complexity index is 706. The minimum atomic E-state index is -0.270. The predicted molar refractivity (Wildman–Crippen MR) is 84.1 cm³/mol. The number of aryl methyl sites for hydroxylation is 3. The Kier molecular flexibility index (Phi) is 3.61. The summed E-state index contributed by atoms with van der Waals surface area (Å²) in [6.07, 6.45) is 3.92. The van der Waals surface area contributed by atoms with Crippen LogP contribution in [0.4, 0.5) is 0 Å². The first-order chi connectivity index (χ1) is 10.2.